The van der Waals surface area contributed by atoms with E-state index in [4.69, 9.17) is 4.42 Å². The summed E-state index contributed by atoms with van der Waals surface area (Å²) in [5.74, 6) is 0.467. The van der Waals surface area contributed by atoms with Gasteiger partial charge in [0.1, 0.15) is 10.8 Å². The molecule has 0 aliphatic carbocycles. The van der Waals surface area contributed by atoms with Crippen LogP contribution in [0.3, 0.4) is 0 Å². The quantitative estimate of drug-likeness (QED) is 0.497. The standard InChI is InChI=1S/C19H18FN3O2S/c1-12-16(18(26-3)22-17(21-12)15-8-5-9-25-15)19(24)23(2)11-13-6-4-7-14(20)10-13/h4-10H,11H2,1-3H3. The van der Waals surface area contributed by atoms with Gasteiger partial charge in [-0.1, -0.05) is 12.1 Å². The minimum absolute atomic E-state index is 0.206. The number of rotatable bonds is 5. The van der Waals surface area contributed by atoms with Crippen molar-refractivity contribution in [3.8, 4) is 11.6 Å². The Morgan fingerprint density at radius 2 is 2.08 bits per heavy atom. The SMILES string of the molecule is CSc1nc(-c2ccco2)nc(C)c1C(=O)N(C)Cc1cccc(F)c1. The highest BCUT2D eigenvalue weighted by Crippen LogP contribution is 2.26. The van der Waals surface area contributed by atoms with Crippen LogP contribution in [0.1, 0.15) is 21.6 Å². The average Bonchev–Trinajstić information content (AvgIpc) is 3.15. The topological polar surface area (TPSA) is 59.2 Å². The minimum atomic E-state index is -0.324. The molecular formula is C19H18FN3O2S. The van der Waals surface area contributed by atoms with E-state index < -0.39 is 0 Å². The fourth-order valence-corrected chi connectivity index (χ4v) is 3.25. The summed E-state index contributed by atoms with van der Waals surface area (Å²) in [7, 11) is 1.68. The van der Waals surface area contributed by atoms with Crippen LogP contribution in [-0.2, 0) is 6.54 Å². The van der Waals surface area contributed by atoms with Gasteiger partial charge in [0.25, 0.3) is 5.91 Å². The number of thioether (sulfide) groups is 1. The van der Waals surface area contributed by atoms with E-state index in [2.05, 4.69) is 9.97 Å². The molecule has 0 N–H and O–H groups in total. The maximum Gasteiger partial charge on any atom is 0.258 e. The monoisotopic (exact) mass is 371 g/mol. The Morgan fingerprint density at radius 1 is 1.27 bits per heavy atom. The molecule has 0 aliphatic rings. The third kappa shape index (κ3) is 3.77. The summed E-state index contributed by atoms with van der Waals surface area (Å²) in [6.45, 7) is 2.07. The highest BCUT2D eigenvalue weighted by Gasteiger charge is 2.22. The summed E-state index contributed by atoms with van der Waals surface area (Å²) in [5, 5.41) is 0.583. The van der Waals surface area contributed by atoms with E-state index in [0.29, 0.717) is 34.4 Å². The molecule has 26 heavy (non-hydrogen) atoms. The summed E-state index contributed by atoms with van der Waals surface area (Å²) >= 11 is 1.38. The predicted molar refractivity (Wildman–Crippen MR) is 98.4 cm³/mol. The van der Waals surface area contributed by atoms with Crippen LogP contribution in [0.4, 0.5) is 4.39 Å². The first-order chi connectivity index (χ1) is 12.5. The fourth-order valence-electron chi connectivity index (χ4n) is 2.63. The van der Waals surface area contributed by atoms with Crippen LogP contribution >= 0.6 is 11.8 Å². The Kier molecular flexibility index (Phi) is 5.37. The third-order valence-electron chi connectivity index (χ3n) is 3.86. The lowest BCUT2D eigenvalue weighted by molar-refractivity contribution is 0.0779. The van der Waals surface area contributed by atoms with Crippen molar-refractivity contribution in [2.45, 2.75) is 18.5 Å². The molecule has 1 aromatic carbocycles. The normalized spacial score (nSPS) is 10.8. The van der Waals surface area contributed by atoms with Crippen molar-refractivity contribution in [2.24, 2.45) is 0 Å². The Labute approximate surface area is 155 Å². The minimum Gasteiger partial charge on any atom is -0.461 e. The average molecular weight is 371 g/mol. The van der Waals surface area contributed by atoms with Crippen LogP contribution in [0.2, 0.25) is 0 Å². The molecule has 0 bridgehead atoms. The Morgan fingerprint density at radius 3 is 2.73 bits per heavy atom. The fraction of sp³-hybridized carbons (Fsp3) is 0.211. The van der Waals surface area contributed by atoms with Gasteiger partial charge in [0, 0.05) is 13.6 Å². The smallest absolute Gasteiger partial charge is 0.258 e. The second-order valence-electron chi connectivity index (χ2n) is 5.79. The van der Waals surface area contributed by atoms with Gasteiger partial charge in [0.2, 0.25) is 0 Å². The van der Waals surface area contributed by atoms with E-state index in [1.165, 1.54) is 28.8 Å². The maximum atomic E-state index is 13.4. The second-order valence-corrected chi connectivity index (χ2v) is 6.58. The number of furan rings is 1. The van der Waals surface area contributed by atoms with Gasteiger partial charge in [-0.05, 0) is 43.0 Å². The molecule has 5 nitrogen and oxygen atoms in total. The molecule has 7 heteroatoms. The van der Waals surface area contributed by atoms with Crippen molar-refractivity contribution in [3.05, 3.63) is 65.3 Å². The molecular weight excluding hydrogens is 353 g/mol. The molecule has 3 aromatic rings. The summed E-state index contributed by atoms with van der Waals surface area (Å²) in [5.41, 5.74) is 1.75. The third-order valence-corrected chi connectivity index (χ3v) is 4.54. The number of carbonyl (C=O) groups excluding carboxylic acids is 1. The van der Waals surface area contributed by atoms with Gasteiger partial charge in [-0.25, -0.2) is 14.4 Å². The van der Waals surface area contributed by atoms with E-state index in [1.54, 1.807) is 44.5 Å². The molecule has 0 saturated carbocycles. The number of nitrogens with zero attached hydrogens (tertiary/aromatic N) is 3. The zero-order chi connectivity index (χ0) is 18.7. The van der Waals surface area contributed by atoms with Crippen LogP contribution in [0.5, 0.6) is 0 Å². The van der Waals surface area contributed by atoms with E-state index in [0.717, 1.165) is 5.56 Å². The summed E-state index contributed by atoms with van der Waals surface area (Å²) < 4.78 is 18.7. The lowest BCUT2D eigenvalue weighted by atomic mass is 10.1. The Hall–Kier alpha value is -2.67. The molecule has 0 saturated heterocycles. The predicted octanol–water partition coefficient (Wildman–Crippen LogP) is 4.18. The first-order valence-electron chi connectivity index (χ1n) is 7.96. The number of aryl methyl sites for hydroxylation is 1. The van der Waals surface area contributed by atoms with Crippen LogP contribution in [0.15, 0.2) is 52.1 Å². The number of carbonyl (C=O) groups is 1. The van der Waals surface area contributed by atoms with E-state index in [-0.39, 0.29) is 11.7 Å². The number of hydrogen-bond donors (Lipinski definition) is 0. The molecule has 0 spiro atoms. The molecule has 134 valence electrons. The summed E-state index contributed by atoms with van der Waals surface area (Å²) in [6.07, 6.45) is 3.41. The van der Waals surface area contributed by atoms with E-state index in [9.17, 15) is 9.18 Å². The van der Waals surface area contributed by atoms with Gasteiger partial charge in [-0.15, -0.1) is 11.8 Å². The number of amides is 1. The molecule has 2 heterocycles. The number of hydrogen-bond acceptors (Lipinski definition) is 5. The van der Waals surface area contributed by atoms with Gasteiger partial charge in [-0.2, -0.15) is 0 Å². The first-order valence-corrected chi connectivity index (χ1v) is 9.18. The lowest BCUT2D eigenvalue weighted by Crippen LogP contribution is -2.28. The number of benzene rings is 1. The van der Waals surface area contributed by atoms with E-state index >= 15 is 0 Å². The zero-order valence-corrected chi connectivity index (χ0v) is 15.5. The molecule has 1 amide bonds. The zero-order valence-electron chi connectivity index (χ0n) is 14.7. The lowest BCUT2D eigenvalue weighted by Gasteiger charge is -2.20. The Bertz CT molecular complexity index is 929. The number of halogens is 1. The Balaban J connectivity index is 1.91. The largest absolute Gasteiger partial charge is 0.461 e. The molecule has 0 fully saturated rings. The van der Waals surface area contributed by atoms with Crippen LogP contribution in [-0.4, -0.2) is 34.1 Å². The van der Waals surface area contributed by atoms with Crippen LogP contribution in [0.25, 0.3) is 11.6 Å². The summed E-state index contributed by atoms with van der Waals surface area (Å²) in [4.78, 5) is 23.4. The molecule has 2 aromatic heterocycles. The van der Waals surface area contributed by atoms with Crippen molar-refractivity contribution in [2.75, 3.05) is 13.3 Å². The molecule has 3 rings (SSSR count). The molecule has 0 aliphatic heterocycles. The van der Waals surface area contributed by atoms with Crippen molar-refractivity contribution < 1.29 is 13.6 Å². The first kappa shape index (κ1) is 18.1. The summed E-state index contributed by atoms with van der Waals surface area (Å²) in [6, 6.07) is 9.74. The van der Waals surface area contributed by atoms with Crippen LogP contribution in [0, 0.1) is 12.7 Å². The van der Waals surface area contributed by atoms with Crippen molar-refractivity contribution >= 4 is 17.7 Å². The van der Waals surface area contributed by atoms with Gasteiger partial charge in [0.15, 0.2) is 11.6 Å². The van der Waals surface area contributed by atoms with Crippen LogP contribution < -0.4 is 0 Å². The molecule has 0 radical (unpaired) electrons. The van der Waals surface area contributed by atoms with E-state index in [1.807, 2.05) is 6.26 Å². The highest BCUT2D eigenvalue weighted by molar-refractivity contribution is 7.98. The maximum absolute atomic E-state index is 13.4. The number of aromatic nitrogens is 2. The highest BCUT2D eigenvalue weighted by atomic mass is 32.2. The molecule has 0 atom stereocenters. The van der Waals surface area contributed by atoms with Gasteiger partial charge in [-0.3, -0.25) is 4.79 Å². The van der Waals surface area contributed by atoms with Gasteiger partial charge < -0.3 is 9.32 Å². The van der Waals surface area contributed by atoms with Crippen molar-refractivity contribution in [1.29, 1.82) is 0 Å². The van der Waals surface area contributed by atoms with Crippen molar-refractivity contribution in [1.82, 2.24) is 14.9 Å². The van der Waals surface area contributed by atoms with Crippen molar-refractivity contribution in [3.63, 3.8) is 0 Å². The van der Waals surface area contributed by atoms with Gasteiger partial charge in [0.05, 0.1) is 17.5 Å². The molecule has 0 unspecified atom stereocenters. The second kappa shape index (κ2) is 7.70. The van der Waals surface area contributed by atoms with Gasteiger partial charge >= 0.3 is 0 Å².